The molecule has 0 aromatic rings. The molecule has 0 saturated carbocycles. The Morgan fingerprint density at radius 3 is 1.90 bits per heavy atom. The Morgan fingerprint density at radius 1 is 0.706 bits per heavy atom. The van der Waals surface area contributed by atoms with Crippen LogP contribution in [-0.4, -0.2) is 55.5 Å². The first-order valence-electron chi connectivity index (χ1n) is 20.3. The first kappa shape index (κ1) is 47.3. The summed E-state index contributed by atoms with van der Waals surface area (Å²) in [6.45, 7) is 4.12. The normalized spacial score (nSPS) is 18.0. The molecule has 1 aliphatic heterocycles. The molecule has 10 heteroatoms. The van der Waals surface area contributed by atoms with Gasteiger partial charge in [0.25, 0.3) is 0 Å². The van der Waals surface area contributed by atoms with Crippen molar-refractivity contribution in [1.82, 2.24) is 0 Å². The number of phosphoric ester groups is 1. The topological polar surface area (TPSA) is 130 Å². The Labute approximate surface area is 311 Å². The monoisotopic (exact) mass is 740 g/mol. The van der Waals surface area contributed by atoms with E-state index in [0.717, 1.165) is 38.5 Å². The Hall–Kier alpha value is -1.74. The van der Waals surface area contributed by atoms with E-state index in [-0.39, 0.29) is 32.8 Å². The SMILES string of the molecule is CCCCC/C=C\CC1OC1C/C=C\C/C=C\CCCC(=O)OC(CO/C=C\CCCCCCCCCCCCCC)COP(=O)(O)OCCN. The van der Waals surface area contributed by atoms with Crippen molar-refractivity contribution >= 4 is 13.8 Å². The fraction of sp³-hybridized carbons (Fsp3) is 0.780. The van der Waals surface area contributed by atoms with Gasteiger partial charge in [-0.05, 0) is 63.9 Å². The van der Waals surface area contributed by atoms with E-state index in [1.54, 1.807) is 6.26 Å². The zero-order valence-electron chi connectivity index (χ0n) is 32.3. The van der Waals surface area contributed by atoms with Gasteiger partial charge in [-0.15, -0.1) is 0 Å². The van der Waals surface area contributed by atoms with Gasteiger partial charge in [0.05, 0.1) is 31.7 Å². The van der Waals surface area contributed by atoms with E-state index in [1.807, 2.05) is 6.08 Å². The summed E-state index contributed by atoms with van der Waals surface area (Å²) >= 11 is 0. The fourth-order valence-electron chi connectivity index (χ4n) is 5.58. The maximum Gasteiger partial charge on any atom is 0.472 e. The van der Waals surface area contributed by atoms with Crippen molar-refractivity contribution in [3.05, 3.63) is 48.8 Å². The second-order valence-corrected chi connectivity index (χ2v) is 15.1. The summed E-state index contributed by atoms with van der Waals surface area (Å²) in [5.41, 5.74) is 5.35. The molecule has 0 radical (unpaired) electrons. The molecule has 0 aromatic carbocycles. The van der Waals surface area contributed by atoms with Gasteiger partial charge in [-0.3, -0.25) is 13.8 Å². The summed E-state index contributed by atoms with van der Waals surface area (Å²) in [4.78, 5) is 22.4. The Kier molecular flexibility index (Phi) is 31.6. The van der Waals surface area contributed by atoms with E-state index in [9.17, 15) is 14.3 Å². The number of unbranched alkanes of at least 4 members (excludes halogenated alkanes) is 16. The van der Waals surface area contributed by atoms with E-state index in [0.29, 0.717) is 18.6 Å². The molecule has 4 unspecified atom stereocenters. The number of nitrogens with two attached hydrogens (primary N) is 1. The third kappa shape index (κ3) is 31.5. The van der Waals surface area contributed by atoms with Gasteiger partial charge in [0.1, 0.15) is 6.61 Å². The highest BCUT2D eigenvalue weighted by Gasteiger charge is 2.36. The van der Waals surface area contributed by atoms with Crippen molar-refractivity contribution in [2.24, 2.45) is 5.73 Å². The largest absolute Gasteiger partial charge is 0.498 e. The van der Waals surface area contributed by atoms with E-state index >= 15 is 0 Å². The van der Waals surface area contributed by atoms with Crippen molar-refractivity contribution in [2.75, 3.05) is 26.4 Å². The molecule has 0 amide bonds. The number of hydrogen-bond acceptors (Lipinski definition) is 8. The van der Waals surface area contributed by atoms with E-state index in [4.69, 9.17) is 29.0 Å². The molecule has 9 nitrogen and oxygen atoms in total. The van der Waals surface area contributed by atoms with Gasteiger partial charge in [0.2, 0.25) is 0 Å². The van der Waals surface area contributed by atoms with Crippen LogP contribution in [0.15, 0.2) is 48.8 Å². The molecule has 51 heavy (non-hydrogen) atoms. The standard InChI is InChI=1S/C41H74NO8P/c1-3-5-7-9-11-12-13-14-15-16-17-21-25-29-34-46-36-38(37-48-51(44,45)47-35-33-42)49-41(43)32-28-24-20-18-19-23-27-31-40-39(50-40)30-26-22-10-8-6-4-2/h18,20,22-23,26-27,29,34,38-40H,3-17,19,21,24-25,28,30-33,35-37,42H2,1-2H3,(H,44,45)/b20-18-,26-22-,27-23-,34-29-. The zero-order chi connectivity index (χ0) is 37.1. The van der Waals surface area contributed by atoms with Crippen LogP contribution in [0.5, 0.6) is 0 Å². The average molecular weight is 740 g/mol. The van der Waals surface area contributed by atoms with Gasteiger partial charge >= 0.3 is 13.8 Å². The summed E-state index contributed by atoms with van der Waals surface area (Å²) in [6, 6.07) is 0. The lowest BCUT2D eigenvalue weighted by Gasteiger charge is -2.19. The summed E-state index contributed by atoms with van der Waals surface area (Å²) in [5, 5.41) is 0. The summed E-state index contributed by atoms with van der Waals surface area (Å²) in [7, 11) is -4.31. The predicted molar refractivity (Wildman–Crippen MR) is 209 cm³/mol. The first-order chi connectivity index (χ1) is 24.9. The molecule has 1 saturated heterocycles. The average Bonchev–Trinajstić information content (AvgIpc) is 3.87. The number of hydrogen-bond donors (Lipinski definition) is 2. The minimum absolute atomic E-state index is 0.00615. The minimum atomic E-state index is -4.31. The molecule has 4 atom stereocenters. The van der Waals surface area contributed by atoms with Gasteiger partial charge in [0.15, 0.2) is 6.10 Å². The van der Waals surface area contributed by atoms with Crippen molar-refractivity contribution in [3.63, 3.8) is 0 Å². The highest BCUT2D eigenvalue weighted by atomic mass is 31.2. The Morgan fingerprint density at radius 2 is 1.24 bits per heavy atom. The highest BCUT2D eigenvalue weighted by molar-refractivity contribution is 7.47. The third-order valence-electron chi connectivity index (χ3n) is 8.72. The van der Waals surface area contributed by atoms with E-state index in [2.05, 4.69) is 50.3 Å². The van der Waals surface area contributed by atoms with Gasteiger partial charge in [0, 0.05) is 13.0 Å². The lowest BCUT2D eigenvalue weighted by Crippen LogP contribution is -2.27. The molecule has 1 heterocycles. The second-order valence-electron chi connectivity index (χ2n) is 13.6. The second kappa shape index (κ2) is 34.1. The molecule has 3 N–H and O–H groups in total. The van der Waals surface area contributed by atoms with Crippen LogP contribution in [0.3, 0.4) is 0 Å². The first-order valence-corrected chi connectivity index (χ1v) is 21.8. The molecular weight excluding hydrogens is 665 g/mol. The minimum Gasteiger partial charge on any atom is -0.498 e. The number of rotatable bonds is 37. The van der Waals surface area contributed by atoms with Crippen LogP contribution in [-0.2, 0) is 32.6 Å². The van der Waals surface area contributed by atoms with Crippen LogP contribution in [0.25, 0.3) is 0 Å². The number of esters is 1. The zero-order valence-corrected chi connectivity index (χ0v) is 33.2. The number of allylic oxidation sites excluding steroid dienone is 5. The summed E-state index contributed by atoms with van der Waals surface area (Å²) in [5.74, 6) is -0.411. The van der Waals surface area contributed by atoms with Crippen molar-refractivity contribution in [1.29, 1.82) is 0 Å². The lowest BCUT2D eigenvalue weighted by atomic mass is 10.0. The molecule has 1 rings (SSSR count). The Bertz CT molecular complexity index is 985. The van der Waals surface area contributed by atoms with Crippen LogP contribution >= 0.6 is 7.82 Å². The molecule has 296 valence electrons. The van der Waals surface area contributed by atoms with Gasteiger partial charge in [-0.2, -0.15) is 0 Å². The Balaban J connectivity index is 2.22. The van der Waals surface area contributed by atoms with Gasteiger partial charge < -0.3 is 24.8 Å². The third-order valence-corrected chi connectivity index (χ3v) is 9.70. The van der Waals surface area contributed by atoms with Crippen molar-refractivity contribution < 1.29 is 37.5 Å². The summed E-state index contributed by atoms with van der Waals surface area (Å²) in [6.07, 6.45) is 42.5. The maximum absolute atomic E-state index is 12.5. The highest BCUT2D eigenvalue weighted by Crippen LogP contribution is 2.43. The van der Waals surface area contributed by atoms with Crippen molar-refractivity contribution in [2.45, 2.75) is 180 Å². The molecule has 0 spiro atoms. The smallest absolute Gasteiger partial charge is 0.472 e. The van der Waals surface area contributed by atoms with Crippen LogP contribution in [0.2, 0.25) is 0 Å². The number of ether oxygens (including phenoxy) is 3. The quantitative estimate of drug-likeness (QED) is 0.0160. The lowest BCUT2D eigenvalue weighted by molar-refractivity contribution is -0.153. The molecule has 0 aliphatic carbocycles. The van der Waals surface area contributed by atoms with Crippen LogP contribution in [0, 0.1) is 0 Å². The number of phosphoric acid groups is 1. The molecule has 0 aromatic heterocycles. The van der Waals surface area contributed by atoms with Crippen LogP contribution in [0.4, 0.5) is 0 Å². The number of carbonyl (C=O) groups is 1. The molecule has 0 bridgehead atoms. The number of epoxide rings is 1. The van der Waals surface area contributed by atoms with E-state index < -0.39 is 19.9 Å². The number of carbonyl (C=O) groups excluding carboxylic acids is 1. The molecular formula is C41H74NO8P. The van der Waals surface area contributed by atoms with Crippen LogP contribution < -0.4 is 5.73 Å². The van der Waals surface area contributed by atoms with Gasteiger partial charge in [-0.25, -0.2) is 4.57 Å². The molecule has 1 fully saturated rings. The fourth-order valence-corrected chi connectivity index (χ4v) is 6.35. The van der Waals surface area contributed by atoms with E-state index in [1.165, 1.54) is 96.3 Å². The maximum atomic E-state index is 12.5. The predicted octanol–water partition coefficient (Wildman–Crippen LogP) is 11.0. The van der Waals surface area contributed by atoms with Crippen LogP contribution in [0.1, 0.15) is 162 Å². The van der Waals surface area contributed by atoms with Crippen molar-refractivity contribution in [3.8, 4) is 0 Å². The summed E-state index contributed by atoms with van der Waals surface area (Å²) < 4.78 is 38.8. The molecule has 1 aliphatic rings. The van der Waals surface area contributed by atoms with Gasteiger partial charge in [-0.1, -0.05) is 134 Å².